The monoisotopic (exact) mass is 337 g/mol. The van der Waals surface area contributed by atoms with Crippen LogP contribution in [-0.4, -0.2) is 29.3 Å². The second-order valence-electron chi connectivity index (χ2n) is 5.91. The van der Waals surface area contributed by atoms with Gasteiger partial charge in [-0.05, 0) is 12.0 Å². The molecule has 0 spiro atoms. The van der Waals surface area contributed by atoms with E-state index in [0.717, 1.165) is 5.56 Å². The number of hydrogen-bond acceptors (Lipinski definition) is 4. The van der Waals surface area contributed by atoms with Crippen molar-refractivity contribution in [2.75, 3.05) is 6.61 Å². The van der Waals surface area contributed by atoms with Crippen LogP contribution in [0.2, 0.25) is 0 Å². The summed E-state index contributed by atoms with van der Waals surface area (Å²) in [7, 11) is 0. The molecule has 0 aliphatic carbocycles. The van der Waals surface area contributed by atoms with Gasteiger partial charge in [-0.3, -0.25) is 9.59 Å². The number of imide groups is 1. The molecule has 1 atom stereocenters. The molecule has 1 aliphatic rings. The lowest BCUT2D eigenvalue weighted by Gasteiger charge is -2.19. The van der Waals surface area contributed by atoms with E-state index < -0.39 is 12.1 Å². The first-order valence-electron chi connectivity index (χ1n) is 8.29. The third-order valence-electron chi connectivity index (χ3n) is 4.22. The third kappa shape index (κ3) is 3.94. The first-order valence-corrected chi connectivity index (χ1v) is 8.29. The van der Waals surface area contributed by atoms with Gasteiger partial charge in [-0.2, -0.15) is 0 Å². The van der Waals surface area contributed by atoms with Gasteiger partial charge in [0, 0.05) is 18.4 Å². The molecule has 128 valence electrons. The number of benzene rings is 2. The van der Waals surface area contributed by atoms with Crippen molar-refractivity contribution in [3.8, 4) is 0 Å². The smallest absolute Gasteiger partial charge is 0.417 e. The molecule has 2 aromatic carbocycles. The molecule has 0 radical (unpaired) electrons. The SMILES string of the molecule is O=C(CCCC(=O)N1C(=O)OCC1c1ccccc1)c1ccccc1. The van der Waals surface area contributed by atoms with Gasteiger partial charge in [0.05, 0.1) is 0 Å². The van der Waals surface area contributed by atoms with E-state index in [1.54, 1.807) is 12.1 Å². The molecule has 5 nitrogen and oxygen atoms in total. The van der Waals surface area contributed by atoms with E-state index in [2.05, 4.69) is 0 Å². The Kier molecular flexibility index (Phi) is 5.23. The standard InChI is InChI=1S/C20H19NO4/c22-18(16-10-5-2-6-11-16)12-7-13-19(23)21-17(14-25-20(21)24)15-8-3-1-4-9-15/h1-6,8-11,17H,7,12-14H2. The molecule has 0 aromatic heterocycles. The van der Waals surface area contributed by atoms with Crippen LogP contribution >= 0.6 is 0 Å². The molecule has 2 amide bonds. The lowest BCUT2D eigenvalue weighted by Crippen LogP contribution is -2.34. The molecule has 1 heterocycles. The molecule has 1 fully saturated rings. The molecule has 1 aliphatic heterocycles. The first-order chi connectivity index (χ1) is 12.2. The summed E-state index contributed by atoms with van der Waals surface area (Å²) in [5, 5.41) is 0. The number of hydrogen-bond donors (Lipinski definition) is 0. The summed E-state index contributed by atoms with van der Waals surface area (Å²) in [6.07, 6.45) is 0.192. The molecule has 1 saturated heterocycles. The van der Waals surface area contributed by atoms with E-state index in [1.165, 1.54) is 4.90 Å². The number of cyclic esters (lactones) is 1. The fourth-order valence-corrected chi connectivity index (χ4v) is 2.91. The second kappa shape index (κ2) is 7.75. The maximum Gasteiger partial charge on any atom is 0.417 e. The van der Waals surface area contributed by atoms with Crippen LogP contribution in [0.4, 0.5) is 4.79 Å². The van der Waals surface area contributed by atoms with Gasteiger partial charge in [0.15, 0.2) is 5.78 Å². The van der Waals surface area contributed by atoms with Crippen LogP contribution in [0.3, 0.4) is 0 Å². The minimum absolute atomic E-state index is 0.00277. The van der Waals surface area contributed by atoms with Crippen LogP contribution in [0.1, 0.15) is 41.2 Å². The summed E-state index contributed by atoms with van der Waals surface area (Å²) in [6.45, 7) is 0.164. The average Bonchev–Trinajstić information content (AvgIpc) is 3.04. The Balaban J connectivity index is 1.58. The van der Waals surface area contributed by atoms with Crippen molar-refractivity contribution < 1.29 is 19.1 Å². The first kappa shape index (κ1) is 16.9. The van der Waals surface area contributed by atoms with Gasteiger partial charge < -0.3 is 4.74 Å². The van der Waals surface area contributed by atoms with Crippen LogP contribution in [0.5, 0.6) is 0 Å². The molecule has 5 heteroatoms. The molecule has 1 unspecified atom stereocenters. The summed E-state index contributed by atoms with van der Waals surface area (Å²) >= 11 is 0. The Bertz CT molecular complexity index is 758. The van der Waals surface area contributed by atoms with Gasteiger partial charge in [0.2, 0.25) is 5.91 Å². The topological polar surface area (TPSA) is 63.7 Å². The zero-order chi connectivity index (χ0) is 17.6. The van der Waals surface area contributed by atoms with Crippen molar-refractivity contribution in [2.45, 2.75) is 25.3 Å². The summed E-state index contributed by atoms with van der Waals surface area (Å²) in [6, 6.07) is 17.9. The van der Waals surface area contributed by atoms with Gasteiger partial charge in [-0.15, -0.1) is 0 Å². The molecule has 25 heavy (non-hydrogen) atoms. The lowest BCUT2D eigenvalue weighted by atomic mass is 10.0. The predicted octanol–water partition coefficient (Wildman–Crippen LogP) is 3.76. The van der Waals surface area contributed by atoms with Gasteiger partial charge >= 0.3 is 6.09 Å². The maximum absolute atomic E-state index is 12.5. The van der Waals surface area contributed by atoms with Crippen LogP contribution in [0.15, 0.2) is 60.7 Å². The van der Waals surface area contributed by atoms with Crippen LogP contribution in [0, 0.1) is 0 Å². The van der Waals surface area contributed by atoms with Crippen LogP contribution < -0.4 is 0 Å². The number of amides is 2. The summed E-state index contributed by atoms with van der Waals surface area (Å²) in [5.74, 6) is -0.311. The van der Waals surface area contributed by atoms with Crippen molar-refractivity contribution >= 4 is 17.8 Å². The fourth-order valence-electron chi connectivity index (χ4n) is 2.91. The van der Waals surface area contributed by atoms with Crippen molar-refractivity contribution in [3.63, 3.8) is 0 Å². The van der Waals surface area contributed by atoms with Crippen LogP contribution in [0.25, 0.3) is 0 Å². The predicted molar refractivity (Wildman–Crippen MR) is 92.0 cm³/mol. The number of ketones is 1. The fraction of sp³-hybridized carbons (Fsp3) is 0.250. The Morgan fingerprint density at radius 1 is 0.960 bits per heavy atom. The minimum atomic E-state index is -0.617. The highest BCUT2D eigenvalue weighted by Crippen LogP contribution is 2.28. The van der Waals surface area contributed by atoms with E-state index in [-0.39, 0.29) is 31.1 Å². The molecular weight excluding hydrogens is 318 g/mol. The Labute approximate surface area is 146 Å². The molecule has 3 rings (SSSR count). The summed E-state index contributed by atoms with van der Waals surface area (Å²) in [5.41, 5.74) is 1.50. The van der Waals surface area contributed by atoms with Crippen molar-refractivity contribution in [3.05, 3.63) is 71.8 Å². The van der Waals surface area contributed by atoms with Gasteiger partial charge in [0.1, 0.15) is 12.6 Å². The van der Waals surface area contributed by atoms with Gasteiger partial charge in [0.25, 0.3) is 0 Å². The van der Waals surface area contributed by atoms with Crippen LogP contribution in [-0.2, 0) is 9.53 Å². The number of rotatable bonds is 6. The number of carbonyl (C=O) groups excluding carboxylic acids is 3. The number of Topliss-reactive ketones (excluding diaryl/α,β-unsaturated/α-hetero) is 1. The number of nitrogens with zero attached hydrogens (tertiary/aromatic N) is 1. The van der Waals surface area contributed by atoms with Crippen molar-refractivity contribution in [1.29, 1.82) is 0 Å². The zero-order valence-corrected chi connectivity index (χ0v) is 13.8. The maximum atomic E-state index is 12.5. The van der Waals surface area contributed by atoms with E-state index in [0.29, 0.717) is 12.0 Å². The zero-order valence-electron chi connectivity index (χ0n) is 13.8. The normalized spacial score (nSPS) is 16.6. The van der Waals surface area contributed by atoms with Gasteiger partial charge in [-0.1, -0.05) is 60.7 Å². The summed E-state index contributed by atoms with van der Waals surface area (Å²) in [4.78, 5) is 37.7. The summed E-state index contributed by atoms with van der Waals surface area (Å²) < 4.78 is 5.05. The molecule has 0 saturated carbocycles. The van der Waals surface area contributed by atoms with E-state index in [9.17, 15) is 14.4 Å². The van der Waals surface area contributed by atoms with E-state index in [4.69, 9.17) is 4.74 Å². The molecule has 2 aromatic rings. The number of ether oxygens (including phenoxy) is 1. The highest BCUT2D eigenvalue weighted by molar-refractivity contribution is 5.97. The molecule has 0 N–H and O–H groups in total. The van der Waals surface area contributed by atoms with E-state index >= 15 is 0 Å². The lowest BCUT2D eigenvalue weighted by molar-refractivity contribution is -0.129. The van der Waals surface area contributed by atoms with E-state index in [1.807, 2.05) is 48.5 Å². The average molecular weight is 337 g/mol. The number of carbonyl (C=O) groups is 3. The quantitative estimate of drug-likeness (QED) is 0.753. The Morgan fingerprint density at radius 3 is 2.28 bits per heavy atom. The largest absolute Gasteiger partial charge is 0.446 e. The Hall–Kier alpha value is -2.95. The highest BCUT2D eigenvalue weighted by atomic mass is 16.6. The molecule has 0 bridgehead atoms. The van der Waals surface area contributed by atoms with Gasteiger partial charge in [-0.25, -0.2) is 9.69 Å². The second-order valence-corrected chi connectivity index (χ2v) is 5.91. The highest BCUT2D eigenvalue weighted by Gasteiger charge is 2.38. The van der Waals surface area contributed by atoms with Crippen molar-refractivity contribution in [2.24, 2.45) is 0 Å². The minimum Gasteiger partial charge on any atom is -0.446 e. The Morgan fingerprint density at radius 2 is 1.60 bits per heavy atom. The van der Waals surface area contributed by atoms with Crippen molar-refractivity contribution in [1.82, 2.24) is 4.90 Å². The third-order valence-corrected chi connectivity index (χ3v) is 4.22. The molecular formula is C20H19NO4.